The Kier molecular flexibility index (Phi) is 6.98. The summed E-state index contributed by atoms with van der Waals surface area (Å²) in [4.78, 5) is 23.9. The third-order valence-electron chi connectivity index (χ3n) is 4.64. The van der Waals surface area contributed by atoms with Crippen molar-refractivity contribution in [1.82, 2.24) is 0 Å². The third-order valence-corrected chi connectivity index (χ3v) is 4.64. The standard InChI is InChI=1S/C23H22FNO5/c1-28-22(26)17-11-16(12-18(13-17)23(27)29-2)21-8-7-19(30-21)14-25-10-9-15-5-3-4-6-20(15)24/h3-8,11-13,25H,9-10,14H2,1-2H3/p+1. The maximum atomic E-state index is 13.7. The maximum Gasteiger partial charge on any atom is 0.337 e. The average molecular weight is 412 g/mol. The first kappa shape index (κ1) is 21.3. The van der Waals surface area contributed by atoms with Crippen molar-refractivity contribution in [3.05, 3.63) is 82.9 Å². The number of carbonyl (C=O) groups is 2. The molecular formula is C23H23FNO5+. The molecule has 0 spiro atoms. The van der Waals surface area contributed by atoms with Crippen LogP contribution in [0, 0.1) is 5.82 Å². The summed E-state index contributed by atoms with van der Waals surface area (Å²) in [5.74, 6) is -0.0753. The Morgan fingerprint density at radius 1 is 0.967 bits per heavy atom. The molecule has 2 aromatic carbocycles. The molecule has 0 radical (unpaired) electrons. The zero-order valence-corrected chi connectivity index (χ0v) is 16.8. The molecule has 156 valence electrons. The van der Waals surface area contributed by atoms with E-state index in [1.54, 1.807) is 30.3 Å². The molecule has 0 bridgehead atoms. The van der Waals surface area contributed by atoms with E-state index in [1.807, 2.05) is 17.4 Å². The Hall–Kier alpha value is -3.45. The van der Waals surface area contributed by atoms with Gasteiger partial charge in [-0.3, -0.25) is 0 Å². The Morgan fingerprint density at radius 2 is 1.63 bits per heavy atom. The zero-order chi connectivity index (χ0) is 21.5. The summed E-state index contributed by atoms with van der Waals surface area (Å²) in [6, 6.07) is 15.0. The quantitative estimate of drug-likeness (QED) is 0.454. The molecule has 0 aliphatic carbocycles. The van der Waals surface area contributed by atoms with Crippen molar-refractivity contribution in [2.75, 3.05) is 20.8 Å². The van der Waals surface area contributed by atoms with Crippen LogP contribution in [-0.4, -0.2) is 32.7 Å². The smallest absolute Gasteiger partial charge is 0.337 e. The summed E-state index contributed by atoms with van der Waals surface area (Å²) in [6.07, 6.45) is 0.615. The molecule has 0 saturated carbocycles. The van der Waals surface area contributed by atoms with Crippen LogP contribution < -0.4 is 5.32 Å². The lowest BCUT2D eigenvalue weighted by Crippen LogP contribution is -2.83. The molecule has 0 atom stereocenters. The van der Waals surface area contributed by atoms with E-state index in [0.717, 1.165) is 5.76 Å². The summed E-state index contributed by atoms with van der Waals surface area (Å²) in [5, 5.41) is 2.03. The number of halogens is 1. The summed E-state index contributed by atoms with van der Waals surface area (Å²) in [6.45, 7) is 1.29. The molecule has 0 aliphatic rings. The lowest BCUT2D eigenvalue weighted by atomic mass is 10.0. The van der Waals surface area contributed by atoms with Gasteiger partial charge in [-0.25, -0.2) is 14.0 Å². The molecule has 7 heteroatoms. The average Bonchev–Trinajstić information content (AvgIpc) is 3.25. The van der Waals surface area contributed by atoms with Gasteiger partial charge in [-0.15, -0.1) is 0 Å². The van der Waals surface area contributed by atoms with Gasteiger partial charge in [-0.2, -0.15) is 0 Å². The first-order chi connectivity index (χ1) is 14.5. The van der Waals surface area contributed by atoms with Gasteiger partial charge in [-0.05, 0) is 42.0 Å². The van der Waals surface area contributed by atoms with E-state index >= 15 is 0 Å². The molecule has 0 fully saturated rings. The van der Waals surface area contributed by atoms with Gasteiger partial charge in [0.25, 0.3) is 0 Å². The number of hydrogen-bond donors (Lipinski definition) is 1. The molecular weight excluding hydrogens is 389 g/mol. The molecule has 0 saturated heterocycles. The molecule has 0 amide bonds. The highest BCUT2D eigenvalue weighted by molar-refractivity contribution is 5.97. The minimum Gasteiger partial charge on any atom is -0.465 e. The van der Waals surface area contributed by atoms with Crippen LogP contribution in [0.1, 0.15) is 32.0 Å². The number of rotatable bonds is 8. The van der Waals surface area contributed by atoms with Crippen molar-refractivity contribution in [1.29, 1.82) is 0 Å². The van der Waals surface area contributed by atoms with E-state index in [-0.39, 0.29) is 16.9 Å². The van der Waals surface area contributed by atoms with Crippen LogP contribution in [0.4, 0.5) is 4.39 Å². The summed E-state index contributed by atoms with van der Waals surface area (Å²) >= 11 is 0. The van der Waals surface area contributed by atoms with Crippen LogP contribution in [0.2, 0.25) is 0 Å². The number of quaternary nitrogens is 1. The predicted octanol–water partition coefficient (Wildman–Crippen LogP) is 2.97. The lowest BCUT2D eigenvalue weighted by Gasteiger charge is -2.06. The van der Waals surface area contributed by atoms with Crippen LogP contribution in [0.5, 0.6) is 0 Å². The molecule has 0 aliphatic heterocycles. The monoisotopic (exact) mass is 412 g/mol. The van der Waals surface area contributed by atoms with Crippen LogP contribution in [0.25, 0.3) is 11.3 Å². The number of benzene rings is 2. The number of methoxy groups -OCH3 is 2. The number of furan rings is 1. The molecule has 0 unspecified atom stereocenters. The maximum absolute atomic E-state index is 13.7. The minimum absolute atomic E-state index is 0.196. The third kappa shape index (κ3) is 5.12. The highest BCUT2D eigenvalue weighted by Gasteiger charge is 2.16. The number of carbonyl (C=O) groups excluding carboxylic acids is 2. The van der Waals surface area contributed by atoms with Gasteiger partial charge in [-0.1, -0.05) is 18.2 Å². The van der Waals surface area contributed by atoms with E-state index in [1.165, 1.54) is 26.4 Å². The van der Waals surface area contributed by atoms with Crippen molar-refractivity contribution in [2.24, 2.45) is 0 Å². The molecule has 3 rings (SSSR count). The molecule has 6 nitrogen and oxygen atoms in total. The van der Waals surface area contributed by atoms with Crippen molar-refractivity contribution >= 4 is 11.9 Å². The first-order valence-electron chi connectivity index (χ1n) is 9.47. The fourth-order valence-electron chi connectivity index (χ4n) is 3.09. The topological polar surface area (TPSA) is 82.4 Å². The van der Waals surface area contributed by atoms with Crippen molar-refractivity contribution < 1.29 is 33.2 Å². The van der Waals surface area contributed by atoms with Gasteiger partial charge < -0.3 is 19.2 Å². The van der Waals surface area contributed by atoms with E-state index in [9.17, 15) is 14.0 Å². The van der Waals surface area contributed by atoms with Gasteiger partial charge in [0.2, 0.25) is 0 Å². The molecule has 2 N–H and O–H groups in total. The SMILES string of the molecule is COC(=O)c1cc(C(=O)OC)cc(-c2ccc(C[NH2+]CCc3ccccc3F)o2)c1. The van der Waals surface area contributed by atoms with E-state index in [4.69, 9.17) is 13.9 Å². The second-order valence-corrected chi connectivity index (χ2v) is 6.67. The van der Waals surface area contributed by atoms with Gasteiger partial charge in [0.05, 0.1) is 31.9 Å². The van der Waals surface area contributed by atoms with Crippen LogP contribution in [-0.2, 0) is 22.4 Å². The van der Waals surface area contributed by atoms with Crippen LogP contribution in [0.15, 0.2) is 59.0 Å². The fourth-order valence-corrected chi connectivity index (χ4v) is 3.09. The van der Waals surface area contributed by atoms with Crippen LogP contribution >= 0.6 is 0 Å². The fraction of sp³-hybridized carbons (Fsp3) is 0.217. The zero-order valence-electron chi connectivity index (χ0n) is 16.8. The first-order valence-corrected chi connectivity index (χ1v) is 9.47. The molecule has 30 heavy (non-hydrogen) atoms. The van der Waals surface area contributed by atoms with E-state index < -0.39 is 11.9 Å². The molecule has 1 aromatic heterocycles. The summed E-state index contributed by atoms with van der Waals surface area (Å²) < 4.78 is 29.1. The van der Waals surface area contributed by atoms with Crippen molar-refractivity contribution in [3.8, 4) is 11.3 Å². The van der Waals surface area contributed by atoms with Gasteiger partial charge in [0.1, 0.15) is 18.1 Å². The number of esters is 2. The largest absolute Gasteiger partial charge is 0.465 e. The van der Waals surface area contributed by atoms with Gasteiger partial charge >= 0.3 is 11.9 Å². The molecule has 3 aromatic rings. The normalized spacial score (nSPS) is 10.6. The Balaban J connectivity index is 1.69. The Labute approximate surface area is 173 Å². The predicted molar refractivity (Wildman–Crippen MR) is 107 cm³/mol. The number of ether oxygens (including phenoxy) is 2. The van der Waals surface area contributed by atoms with E-state index in [2.05, 4.69) is 0 Å². The summed E-state index contributed by atoms with van der Waals surface area (Å²) in [7, 11) is 2.55. The lowest BCUT2D eigenvalue weighted by molar-refractivity contribution is -0.671. The number of hydrogen-bond acceptors (Lipinski definition) is 5. The minimum atomic E-state index is -0.560. The van der Waals surface area contributed by atoms with Crippen molar-refractivity contribution in [2.45, 2.75) is 13.0 Å². The highest BCUT2D eigenvalue weighted by atomic mass is 19.1. The molecule has 1 heterocycles. The second kappa shape index (κ2) is 9.84. The Morgan fingerprint density at radius 3 is 2.27 bits per heavy atom. The van der Waals surface area contributed by atoms with Crippen LogP contribution in [0.3, 0.4) is 0 Å². The Bertz CT molecular complexity index is 1010. The van der Waals surface area contributed by atoms with E-state index in [0.29, 0.717) is 36.4 Å². The second-order valence-electron chi connectivity index (χ2n) is 6.67. The summed E-state index contributed by atoms with van der Waals surface area (Å²) in [5.41, 5.74) is 1.70. The van der Waals surface area contributed by atoms with Crippen molar-refractivity contribution in [3.63, 3.8) is 0 Å². The van der Waals surface area contributed by atoms with Gasteiger partial charge in [0.15, 0.2) is 5.76 Å². The highest BCUT2D eigenvalue weighted by Crippen LogP contribution is 2.25. The van der Waals surface area contributed by atoms with Gasteiger partial charge in [0, 0.05) is 12.0 Å². The number of nitrogens with two attached hydrogens (primary N) is 1.